The highest BCUT2D eigenvalue weighted by Crippen LogP contribution is 2.32. The molecule has 2 aromatic carbocycles. The normalized spacial score (nSPS) is 18.3. The number of nitrogens with one attached hydrogen (secondary N) is 1. The number of thiophene rings is 1. The molecule has 1 atom stereocenters. The van der Waals surface area contributed by atoms with Gasteiger partial charge in [0.05, 0.1) is 10.3 Å². The van der Waals surface area contributed by atoms with Gasteiger partial charge in [0.2, 0.25) is 5.91 Å². The molecule has 2 aliphatic rings. The Bertz CT molecular complexity index is 1450. The van der Waals surface area contributed by atoms with E-state index < -0.39 is 15.9 Å². The van der Waals surface area contributed by atoms with E-state index in [1.54, 1.807) is 36.4 Å². The molecule has 0 spiro atoms. The Kier molecular flexibility index (Phi) is 5.89. The molecular formula is C24H19ClN2O5S2. The van der Waals surface area contributed by atoms with Crippen LogP contribution in [-0.2, 0) is 14.8 Å². The average Bonchev–Trinajstić information content (AvgIpc) is 3.30. The monoisotopic (exact) mass is 514 g/mol. The minimum absolute atomic E-state index is 0.0550. The summed E-state index contributed by atoms with van der Waals surface area (Å²) in [6.45, 7) is 0.385. The van der Waals surface area contributed by atoms with Crippen molar-refractivity contribution in [2.45, 2.75) is 17.1 Å². The second-order valence-corrected chi connectivity index (χ2v) is 12.1. The van der Waals surface area contributed by atoms with Gasteiger partial charge >= 0.3 is 0 Å². The molecule has 3 aromatic rings. The van der Waals surface area contributed by atoms with E-state index >= 15 is 0 Å². The topological polar surface area (TPSA) is 101 Å². The summed E-state index contributed by atoms with van der Waals surface area (Å²) < 4.78 is 27.7. The molecule has 0 radical (unpaired) electrons. The molecule has 7 nitrogen and oxygen atoms in total. The summed E-state index contributed by atoms with van der Waals surface area (Å²) in [6, 6.07) is 14.3. The predicted octanol–water partition coefficient (Wildman–Crippen LogP) is 4.22. The third-order valence-corrected chi connectivity index (χ3v) is 9.65. The minimum atomic E-state index is -3.73. The first-order valence-corrected chi connectivity index (χ1v) is 13.3. The smallest absolute Gasteiger partial charge is 0.252 e. The van der Waals surface area contributed by atoms with Gasteiger partial charge in [0.15, 0.2) is 11.6 Å². The molecule has 2 heterocycles. The highest BCUT2D eigenvalue weighted by Gasteiger charge is 2.35. The molecule has 1 fully saturated rings. The molecule has 1 N–H and O–H groups in total. The van der Waals surface area contributed by atoms with E-state index in [1.807, 2.05) is 0 Å². The Morgan fingerprint density at radius 2 is 1.65 bits per heavy atom. The number of nitrogens with zero attached hydrogens (tertiary/aromatic N) is 1. The number of carbonyl (C=O) groups excluding carboxylic acids is 3. The van der Waals surface area contributed by atoms with Crippen LogP contribution in [0.25, 0.3) is 0 Å². The van der Waals surface area contributed by atoms with Gasteiger partial charge in [0.25, 0.3) is 10.0 Å². The average molecular weight is 515 g/mol. The van der Waals surface area contributed by atoms with Crippen molar-refractivity contribution in [3.8, 4) is 0 Å². The molecule has 1 amide bonds. The lowest BCUT2D eigenvalue weighted by Crippen LogP contribution is -2.43. The summed E-state index contributed by atoms with van der Waals surface area (Å²) in [7, 11) is -3.73. The Balaban J connectivity index is 1.34. The molecule has 1 saturated heterocycles. The summed E-state index contributed by atoms with van der Waals surface area (Å²) in [4.78, 5) is 38.7. The first-order chi connectivity index (χ1) is 16.3. The fraction of sp³-hybridized carbons (Fsp3) is 0.208. The van der Waals surface area contributed by atoms with Crippen molar-refractivity contribution in [3.63, 3.8) is 0 Å². The zero-order valence-electron chi connectivity index (χ0n) is 17.8. The van der Waals surface area contributed by atoms with Crippen LogP contribution in [0.5, 0.6) is 0 Å². The number of hydrogen-bond donors (Lipinski definition) is 1. The molecule has 0 saturated carbocycles. The van der Waals surface area contributed by atoms with E-state index in [1.165, 1.54) is 22.5 Å². The third-order valence-electron chi connectivity index (χ3n) is 6.09. The predicted molar refractivity (Wildman–Crippen MR) is 129 cm³/mol. The maximum absolute atomic E-state index is 13.0. The van der Waals surface area contributed by atoms with Crippen LogP contribution in [-0.4, -0.2) is 43.3 Å². The minimum Gasteiger partial charge on any atom is -0.326 e. The summed E-state index contributed by atoms with van der Waals surface area (Å²) >= 11 is 6.88. The molecule has 10 heteroatoms. The van der Waals surface area contributed by atoms with Gasteiger partial charge in [-0.05, 0) is 43.2 Å². The first kappa shape index (κ1) is 22.9. The van der Waals surface area contributed by atoms with E-state index in [4.69, 9.17) is 11.6 Å². The van der Waals surface area contributed by atoms with Gasteiger partial charge in [-0.25, -0.2) is 8.42 Å². The summed E-state index contributed by atoms with van der Waals surface area (Å²) in [5, 5.41) is 2.79. The quantitative estimate of drug-likeness (QED) is 0.439. The molecule has 1 aromatic heterocycles. The van der Waals surface area contributed by atoms with Crippen molar-refractivity contribution in [2.24, 2.45) is 5.92 Å². The lowest BCUT2D eigenvalue weighted by atomic mass is 9.84. The van der Waals surface area contributed by atoms with Crippen LogP contribution in [0.2, 0.25) is 4.34 Å². The molecule has 5 rings (SSSR count). The Hall–Kier alpha value is -2.85. The summed E-state index contributed by atoms with van der Waals surface area (Å²) in [5.41, 5.74) is 1.63. The first-order valence-electron chi connectivity index (χ1n) is 10.6. The molecule has 174 valence electrons. The van der Waals surface area contributed by atoms with Crippen molar-refractivity contribution < 1.29 is 22.8 Å². The molecule has 1 unspecified atom stereocenters. The van der Waals surface area contributed by atoms with Gasteiger partial charge in [-0.3, -0.25) is 14.4 Å². The number of benzene rings is 2. The van der Waals surface area contributed by atoms with Crippen LogP contribution >= 0.6 is 22.9 Å². The fourth-order valence-electron chi connectivity index (χ4n) is 4.36. The number of carbonyl (C=O) groups is 3. The summed E-state index contributed by atoms with van der Waals surface area (Å²) in [5.74, 6) is -1.39. The largest absolute Gasteiger partial charge is 0.326 e. The molecule has 34 heavy (non-hydrogen) atoms. The van der Waals surface area contributed by atoms with Crippen molar-refractivity contribution in [3.05, 3.63) is 81.2 Å². The molecule has 1 aliphatic carbocycles. The standard InChI is InChI=1S/C24H19ClN2O5S2/c25-20-9-10-21(33-20)34(31,32)27-11-3-4-14(13-27)24(30)26-15-7-8-18-19(12-15)23(29)17-6-2-1-5-16(17)22(18)28/h1-2,5-10,12,14H,3-4,11,13H2,(H,26,30). The zero-order chi connectivity index (χ0) is 24.0. The maximum atomic E-state index is 13.0. The number of halogens is 1. The number of sulfonamides is 1. The second-order valence-electron chi connectivity index (χ2n) is 8.21. The van der Waals surface area contributed by atoms with E-state index in [0.717, 1.165) is 11.3 Å². The third kappa shape index (κ3) is 3.98. The Labute approximate surface area is 205 Å². The fourth-order valence-corrected chi connectivity index (χ4v) is 7.52. The van der Waals surface area contributed by atoms with Gasteiger partial charge in [0, 0.05) is 41.0 Å². The SMILES string of the molecule is O=C1c2ccccc2C(=O)c2cc(NC(=O)C3CCCN(S(=O)(=O)c4ccc(Cl)s4)C3)ccc21. The maximum Gasteiger partial charge on any atom is 0.252 e. The van der Waals surface area contributed by atoms with Crippen LogP contribution in [0.15, 0.2) is 58.8 Å². The lowest BCUT2D eigenvalue weighted by molar-refractivity contribution is -0.120. The van der Waals surface area contributed by atoms with Crippen LogP contribution in [0.4, 0.5) is 5.69 Å². The lowest BCUT2D eigenvalue weighted by Gasteiger charge is -2.30. The molecule has 1 aliphatic heterocycles. The van der Waals surface area contributed by atoms with E-state index in [0.29, 0.717) is 46.1 Å². The number of ketones is 2. The van der Waals surface area contributed by atoms with Crippen molar-refractivity contribution >= 4 is 56.1 Å². The Morgan fingerprint density at radius 3 is 2.32 bits per heavy atom. The van der Waals surface area contributed by atoms with Gasteiger partial charge in [-0.1, -0.05) is 35.9 Å². The van der Waals surface area contributed by atoms with Crippen molar-refractivity contribution in [1.29, 1.82) is 0 Å². The van der Waals surface area contributed by atoms with E-state index in [-0.39, 0.29) is 33.8 Å². The van der Waals surface area contributed by atoms with Crippen LogP contribution in [0.1, 0.15) is 44.7 Å². The van der Waals surface area contributed by atoms with Crippen LogP contribution in [0, 0.1) is 5.92 Å². The van der Waals surface area contributed by atoms with Crippen molar-refractivity contribution in [2.75, 3.05) is 18.4 Å². The Morgan fingerprint density at radius 1 is 0.971 bits per heavy atom. The van der Waals surface area contributed by atoms with Gasteiger partial charge in [0.1, 0.15) is 4.21 Å². The van der Waals surface area contributed by atoms with Gasteiger partial charge < -0.3 is 5.32 Å². The number of piperidine rings is 1. The highest BCUT2D eigenvalue weighted by molar-refractivity contribution is 7.91. The number of anilines is 1. The van der Waals surface area contributed by atoms with Crippen molar-refractivity contribution in [1.82, 2.24) is 4.31 Å². The summed E-state index contributed by atoms with van der Waals surface area (Å²) in [6.07, 6.45) is 1.09. The molecular weight excluding hydrogens is 496 g/mol. The van der Waals surface area contributed by atoms with Gasteiger partial charge in [-0.2, -0.15) is 4.31 Å². The van der Waals surface area contributed by atoms with E-state index in [9.17, 15) is 22.8 Å². The number of fused-ring (bicyclic) bond motifs is 2. The number of amides is 1. The molecule has 0 bridgehead atoms. The van der Waals surface area contributed by atoms with E-state index in [2.05, 4.69) is 5.32 Å². The van der Waals surface area contributed by atoms with Crippen LogP contribution in [0.3, 0.4) is 0 Å². The number of hydrogen-bond acceptors (Lipinski definition) is 6. The second kappa shape index (κ2) is 8.74. The van der Waals surface area contributed by atoms with Crippen LogP contribution < -0.4 is 5.32 Å². The number of rotatable bonds is 4. The zero-order valence-corrected chi connectivity index (χ0v) is 20.2. The highest BCUT2D eigenvalue weighted by atomic mass is 35.5. The van der Waals surface area contributed by atoms with Gasteiger partial charge in [-0.15, -0.1) is 11.3 Å².